The molecule has 1 heterocycles. The average Bonchev–Trinajstić information content (AvgIpc) is 2.72. The summed E-state index contributed by atoms with van der Waals surface area (Å²) in [5.74, 6) is 0.325. The van der Waals surface area contributed by atoms with Gasteiger partial charge in [0.15, 0.2) is 18.2 Å². The lowest BCUT2D eigenvalue weighted by Crippen LogP contribution is -2.22. The van der Waals surface area contributed by atoms with Crippen LogP contribution in [0.15, 0.2) is 23.7 Å². The molecule has 4 nitrogen and oxygen atoms in total. The van der Waals surface area contributed by atoms with Crippen LogP contribution < -0.4 is 4.74 Å². The van der Waals surface area contributed by atoms with E-state index in [2.05, 4.69) is 0 Å². The van der Waals surface area contributed by atoms with Gasteiger partial charge in [0.05, 0.1) is 0 Å². The van der Waals surface area contributed by atoms with Crippen molar-refractivity contribution < 1.29 is 14.3 Å². The second kappa shape index (κ2) is 6.20. The lowest BCUT2D eigenvalue weighted by molar-refractivity contribution is -0.120. The lowest BCUT2D eigenvalue weighted by atomic mass is 10.2. The number of hydrogen-bond acceptors (Lipinski definition) is 5. The number of ether oxygens (including phenoxy) is 1. The summed E-state index contributed by atoms with van der Waals surface area (Å²) in [6.07, 6.45) is 3.25. The summed E-state index contributed by atoms with van der Waals surface area (Å²) >= 11 is 1.29. The van der Waals surface area contributed by atoms with E-state index in [1.54, 1.807) is 29.5 Å². The number of thiophene rings is 1. The molecule has 0 amide bonds. The summed E-state index contributed by atoms with van der Waals surface area (Å²) in [6.45, 7) is 1.66. The van der Waals surface area contributed by atoms with Gasteiger partial charge >= 0.3 is 0 Å². The minimum Gasteiger partial charge on any atom is -0.481 e. The fourth-order valence-corrected chi connectivity index (χ4v) is 1.73. The monoisotopic (exact) mass is 253 g/mol. The minimum atomic E-state index is -0.598. The van der Waals surface area contributed by atoms with Crippen LogP contribution in [0, 0.1) is 0 Å². The van der Waals surface area contributed by atoms with Crippen molar-refractivity contribution in [1.82, 2.24) is 4.90 Å². The van der Waals surface area contributed by atoms with Gasteiger partial charge in [0.1, 0.15) is 10.6 Å². The first-order valence-corrected chi connectivity index (χ1v) is 6.00. The second-order valence-electron chi connectivity index (χ2n) is 3.71. The predicted molar refractivity (Wildman–Crippen MR) is 67.6 cm³/mol. The SMILES string of the molecule is CC(Oc1ccsc1C=O)C(=O)C=CN(C)C. The molecular weight excluding hydrogens is 238 g/mol. The van der Waals surface area contributed by atoms with Crippen molar-refractivity contribution in [2.45, 2.75) is 13.0 Å². The zero-order valence-electron chi connectivity index (χ0n) is 10.0. The molecule has 17 heavy (non-hydrogen) atoms. The van der Waals surface area contributed by atoms with Crippen molar-refractivity contribution in [3.8, 4) is 5.75 Å². The maximum absolute atomic E-state index is 11.6. The summed E-state index contributed by atoms with van der Waals surface area (Å²) in [5.41, 5.74) is 0. The number of nitrogens with zero attached hydrogens (tertiary/aromatic N) is 1. The van der Waals surface area contributed by atoms with Crippen LogP contribution in [-0.2, 0) is 4.79 Å². The van der Waals surface area contributed by atoms with Crippen LogP contribution in [0.4, 0.5) is 0 Å². The molecule has 0 aliphatic rings. The zero-order chi connectivity index (χ0) is 12.8. The molecule has 0 spiro atoms. The summed E-state index contributed by atoms with van der Waals surface area (Å²) in [5, 5.41) is 1.76. The lowest BCUT2D eigenvalue weighted by Gasteiger charge is -2.11. The maximum Gasteiger partial charge on any atom is 0.197 e. The van der Waals surface area contributed by atoms with Crippen LogP contribution in [-0.4, -0.2) is 37.2 Å². The standard InChI is InChI=1S/C12H15NO3S/c1-9(10(15)4-6-13(2)3)16-11-5-7-17-12(11)8-14/h4-9H,1-3H3. The van der Waals surface area contributed by atoms with Crippen molar-refractivity contribution in [3.05, 3.63) is 28.6 Å². The number of carbonyl (C=O) groups is 2. The van der Waals surface area contributed by atoms with E-state index < -0.39 is 6.10 Å². The number of ketones is 1. The highest BCUT2D eigenvalue weighted by atomic mass is 32.1. The van der Waals surface area contributed by atoms with Crippen LogP contribution in [0.5, 0.6) is 5.75 Å². The normalized spacial score (nSPS) is 12.4. The molecule has 0 radical (unpaired) electrons. The molecule has 0 aliphatic heterocycles. The highest BCUT2D eigenvalue weighted by Gasteiger charge is 2.14. The van der Waals surface area contributed by atoms with Gasteiger partial charge in [-0.25, -0.2) is 0 Å². The molecule has 0 N–H and O–H groups in total. The Morgan fingerprint density at radius 1 is 1.53 bits per heavy atom. The van der Waals surface area contributed by atoms with Crippen LogP contribution in [0.25, 0.3) is 0 Å². The molecule has 1 unspecified atom stereocenters. The van der Waals surface area contributed by atoms with Crippen LogP contribution in [0.3, 0.4) is 0 Å². The molecular formula is C12H15NO3S. The average molecular weight is 253 g/mol. The van der Waals surface area contributed by atoms with Crippen LogP contribution >= 0.6 is 11.3 Å². The highest BCUT2D eigenvalue weighted by molar-refractivity contribution is 7.12. The van der Waals surface area contributed by atoms with E-state index in [0.29, 0.717) is 10.6 Å². The molecule has 0 saturated carbocycles. The molecule has 0 fully saturated rings. The number of aldehydes is 1. The molecule has 1 atom stereocenters. The number of rotatable bonds is 6. The van der Waals surface area contributed by atoms with Crippen molar-refractivity contribution >= 4 is 23.4 Å². The Hall–Kier alpha value is -1.62. The molecule has 0 aromatic carbocycles. The van der Waals surface area contributed by atoms with Crippen molar-refractivity contribution in [2.75, 3.05) is 14.1 Å². The van der Waals surface area contributed by atoms with Gasteiger partial charge in [-0.3, -0.25) is 9.59 Å². The molecule has 1 rings (SSSR count). The van der Waals surface area contributed by atoms with Crippen LogP contribution in [0.2, 0.25) is 0 Å². The first kappa shape index (κ1) is 13.4. The molecule has 1 aromatic rings. The minimum absolute atomic E-state index is 0.137. The summed E-state index contributed by atoms with van der Waals surface area (Å²) < 4.78 is 5.43. The molecule has 0 aliphatic carbocycles. The fourth-order valence-electron chi connectivity index (χ4n) is 1.10. The maximum atomic E-state index is 11.6. The van der Waals surface area contributed by atoms with Gasteiger partial charge in [-0.1, -0.05) is 0 Å². The van der Waals surface area contributed by atoms with Crippen molar-refractivity contribution in [3.63, 3.8) is 0 Å². The van der Waals surface area contributed by atoms with E-state index in [9.17, 15) is 9.59 Å². The topological polar surface area (TPSA) is 46.6 Å². The number of carbonyl (C=O) groups excluding carboxylic acids is 2. The largest absolute Gasteiger partial charge is 0.481 e. The molecule has 5 heteroatoms. The zero-order valence-corrected chi connectivity index (χ0v) is 10.9. The van der Waals surface area contributed by atoms with E-state index >= 15 is 0 Å². The van der Waals surface area contributed by atoms with Gasteiger partial charge in [0.25, 0.3) is 0 Å². The third-order valence-corrected chi connectivity index (χ3v) is 2.83. The van der Waals surface area contributed by atoms with Gasteiger partial charge in [-0.05, 0) is 18.4 Å². The van der Waals surface area contributed by atoms with E-state index in [1.807, 2.05) is 14.1 Å². The van der Waals surface area contributed by atoms with Gasteiger partial charge in [-0.2, -0.15) is 0 Å². The Morgan fingerprint density at radius 3 is 2.82 bits per heavy atom. The van der Waals surface area contributed by atoms with Gasteiger partial charge in [0.2, 0.25) is 0 Å². The summed E-state index contributed by atoms with van der Waals surface area (Å²) in [4.78, 5) is 24.6. The van der Waals surface area contributed by atoms with E-state index in [4.69, 9.17) is 4.74 Å². The molecule has 0 bridgehead atoms. The predicted octanol–water partition coefficient (Wildman–Crippen LogP) is 1.97. The summed E-state index contributed by atoms with van der Waals surface area (Å²) in [7, 11) is 3.66. The Kier molecular flexibility index (Phi) is 4.90. The Bertz CT molecular complexity index is 423. The van der Waals surface area contributed by atoms with Crippen molar-refractivity contribution in [2.24, 2.45) is 0 Å². The molecule has 1 aromatic heterocycles. The molecule has 0 saturated heterocycles. The fraction of sp³-hybridized carbons (Fsp3) is 0.333. The third kappa shape index (κ3) is 4.03. The van der Waals surface area contributed by atoms with E-state index in [1.165, 1.54) is 17.4 Å². The Morgan fingerprint density at radius 2 is 2.24 bits per heavy atom. The first-order valence-electron chi connectivity index (χ1n) is 5.12. The summed E-state index contributed by atoms with van der Waals surface area (Å²) in [6, 6.07) is 1.69. The number of hydrogen-bond donors (Lipinski definition) is 0. The van der Waals surface area contributed by atoms with Crippen molar-refractivity contribution in [1.29, 1.82) is 0 Å². The quantitative estimate of drug-likeness (QED) is 0.574. The van der Waals surface area contributed by atoms with Gasteiger partial charge in [-0.15, -0.1) is 11.3 Å². The first-order chi connectivity index (χ1) is 8.04. The second-order valence-corrected chi connectivity index (χ2v) is 4.66. The molecule has 92 valence electrons. The highest BCUT2D eigenvalue weighted by Crippen LogP contribution is 2.23. The van der Waals surface area contributed by atoms with E-state index in [-0.39, 0.29) is 5.78 Å². The third-order valence-electron chi connectivity index (χ3n) is 2.01. The van der Waals surface area contributed by atoms with Gasteiger partial charge < -0.3 is 9.64 Å². The van der Waals surface area contributed by atoms with Gasteiger partial charge in [0, 0.05) is 26.4 Å². The van der Waals surface area contributed by atoms with E-state index in [0.717, 1.165) is 6.29 Å². The Balaban J connectivity index is 2.63. The van der Waals surface area contributed by atoms with Crippen LogP contribution in [0.1, 0.15) is 16.6 Å². The Labute approximate surface area is 104 Å². The smallest absolute Gasteiger partial charge is 0.197 e.